The lowest BCUT2D eigenvalue weighted by molar-refractivity contribution is -0.139. The molecule has 0 radical (unpaired) electrons. The number of anilines is 1. The number of alkyl carbamates (subject to hydrolysis) is 1. The first-order chi connectivity index (χ1) is 15.4. The average molecular weight is 463 g/mol. The summed E-state index contributed by atoms with van der Waals surface area (Å²) in [6, 6.07) is 10.5. The lowest BCUT2D eigenvalue weighted by atomic mass is 10.1. The Morgan fingerprint density at radius 1 is 1.15 bits per heavy atom. The van der Waals surface area contributed by atoms with Crippen molar-refractivity contribution in [3.8, 4) is 5.75 Å². The van der Waals surface area contributed by atoms with Crippen LogP contribution in [0.2, 0.25) is 0 Å². The van der Waals surface area contributed by atoms with Gasteiger partial charge in [0.1, 0.15) is 17.9 Å². The van der Waals surface area contributed by atoms with Crippen LogP contribution in [-0.2, 0) is 16.0 Å². The fraction of sp³-hybridized carbons (Fsp3) is 0.375. The monoisotopic (exact) mass is 462 g/mol. The van der Waals surface area contributed by atoms with Gasteiger partial charge in [0.15, 0.2) is 11.6 Å². The van der Waals surface area contributed by atoms with Gasteiger partial charge in [-0.1, -0.05) is 12.1 Å². The maximum atomic E-state index is 12.8. The van der Waals surface area contributed by atoms with Crippen LogP contribution in [0.25, 0.3) is 0 Å². The molecule has 0 aliphatic rings. The number of carbonyl (C=O) groups excluding carboxylic acids is 2. The Bertz CT molecular complexity index is 939. The Kier molecular flexibility index (Phi) is 10.3. The predicted octanol–water partition coefficient (Wildman–Crippen LogP) is 3.92. The van der Waals surface area contributed by atoms with Crippen LogP contribution in [0, 0.1) is 5.82 Å². The number of rotatable bonds is 7. The maximum absolute atomic E-state index is 12.8. The van der Waals surface area contributed by atoms with E-state index in [9.17, 15) is 23.9 Å². The number of methoxy groups -OCH3 is 1. The number of amides is 1. The van der Waals surface area contributed by atoms with Gasteiger partial charge in [0.2, 0.25) is 0 Å². The van der Waals surface area contributed by atoms with Crippen molar-refractivity contribution >= 4 is 24.0 Å². The molecule has 180 valence electrons. The molecule has 8 nitrogen and oxygen atoms in total. The van der Waals surface area contributed by atoms with Crippen LogP contribution in [0.3, 0.4) is 0 Å². The minimum atomic E-state index is -1.09. The van der Waals surface area contributed by atoms with E-state index in [2.05, 4.69) is 10.1 Å². The number of halogens is 1. The third-order valence-corrected chi connectivity index (χ3v) is 4.19. The minimum absolute atomic E-state index is 0.149. The number of carbonyl (C=O) groups is 3. The van der Waals surface area contributed by atoms with Crippen LogP contribution in [0.1, 0.15) is 36.7 Å². The Hall–Kier alpha value is -3.62. The number of hydrogen-bond acceptors (Lipinski definition) is 6. The summed E-state index contributed by atoms with van der Waals surface area (Å²) in [5.41, 5.74) is 1.49. The summed E-state index contributed by atoms with van der Waals surface area (Å²) < 4.78 is 22.5. The topological polar surface area (TPSA) is 105 Å². The number of carboxylic acids is 1. The van der Waals surface area contributed by atoms with Gasteiger partial charge in [-0.05, 0) is 56.7 Å². The second-order valence-corrected chi connectivity index (χ2v) is 8.31. The largest absolute Gasteiger partial charge is 0.494 e. The first-order valence-electron chi connectivity index (χ1n) is 10.1. The van der Waals surface area contributed by atoms with Gasteiger partial charge in [0, 0.05) is 31.8 Å². The Morgan fingerprint density at radius 3 is 2.18 bits per heavy atom. The number of nitrogens with one attached hydrogen (secondary N) is 1. The maximum Gasteiger partial charge on any atom is 0.408 e. The predicted molar refractivity (Wildman–Crippen MR) is 124 cm³/mol. The van der Waals surface area contributed by atoms with Gasteiger partial charge in [-0.25, -0.2) is 14.0 Å². The molecule has 0 aliphatic carbocycles. The van der Waals surface area contributed by atoms with E-state index in [0.717, 1.165) is 17.3 Å². The average Bonchev–Trinajstić information content (AvgIpc) is 2.72. The SMILES string of the molecule is CN(C)c1ccc(C[C@H](NC(=O)OC(C)(C)C)C(=O)O)cc1.COc1ccc(C=O)cc1F. The molecular formula is C24H31FN2O6. The molecule has 2 aromatic rings. The highest BCUT2D eigenvalue weighted by Crippen LogP contribution is 2.16. The molecule has 2 aromatic carbocycles. The van der Waals surface area contributed by atoms with E-state index >= 15 is 0 Å². The summed E-state index contributed by atoms with van der Waals surface area (Å²) in [5, 5.41) is 11.6. The van der Waals surface area contributed by atoms with E-state index in [4.69, 9.17) is 4.74 Å². The van der Waals surface area contributed by atoms with Gasteiger partial charge in [-0.3, -0.25) is 4.79 Å². The van der Waals surface area contributed by atoms with Crippen molar-refractivity contribution in [3.05, 3.63) is 59.4 Å². The Morgan fingerprint density at radius 2 is 1.76 bits per heavy atom. The van der Waals surface area contributed by atoms with E-state index in [1.165, 1.54) is 19.2 Å². The van der Waals surface area contributed by atoms with Gasteiger partial charge in [-0.15, -0.1) is 0 Å². The summed E-state index contributed by atoms with van der Waals surface area (Å²) in [6.45, 7) is 5.17. The van der Waals surface area contributed by atoms with Crippen LogP contribution < -0.4 is 15.0 Å². The lowest BCUT2D eigenvalue weighted by Crippen LogP contribution is -2.44. The molecule has 0 unspecified atom stereocenters. The summed E-state index contributed by atoms with van der Waals surface area (Å²) in [7, 11) is 5.23. The van der Waals surface area contributed by atoms with E-state index in [1.807, 2.05) is 43.3 Å². The third kappa shape index (κ3) is 10.0. The zero-order valence-electron chi connectivity index (χ0n) is 19.7. The Labute approximate surface area is 193 Å². The number of nitrogens with zero attached hydrogens (tertiary/aromatic N) is 1. The summed E-state index contributed by atoms with van der Waals surface area (Å²) in [6.07, 6.45) is 0.0509. The molecule has 0 saturated heterocycles. The molecule has 1 atom stereocenters. The van der Waals surface area contributed by atoms with Crippen LogP contribution in [0.5, 0.6) is 5.75 Å². The molecule has 0 fully saturated rings. The number of hydrogen-bond donors (Lipinski definition) is 2. The summed E-state index contributed by atoms with van der Waals surface area (Å²) in [5.74, 6) is -1.46. The number of ether oxygens (including phenoxy) is 2. The quantitative estimate of drug-likeness (QED) is 0.601. The molecule has 2 rings (SSSR count). The van der Waals surface area contributed by atoms with Gasteiger partial charge < -0.3 is 24.8 Å². The number of benzene rings is 2. The van der Waals surface area contributed by atoms with E-state index in [-0.39, 0.29) is 12.2 Å². The zero-order chi connectivity index (χ0) is 25.2. The van der Waals surface area contributed by atoms with E-state index < -0.39 is 29.5 Å². The van der Waals surface area contributed by atoms with Gasteiger partial charge in [0.05, 0.1) is 7.11 Å². The molecule has 0 saturated carbocycles. The molecule has 0 aliphatic heterocycles. The fourth-order valence-electron chi connectivity index (χ4n) is 2.57. The van der Waals surface area contributed by atoms with Crippen molar-refractivity contribution in [1.29, 1.82) is 0 Å². The second-order valence-electron chi connectivity index (χ2n) is 8.31. The molecule has 9 heteroatoms. The van der Waals surface area contributed by atoms with Crippen molar-refractivity contribution in [3.63, 3.8) is 0 Å². The molecule has 1 amide bonds. The summed E-state index contributed by atoms with van der Waals surface area (Å²) >= 11 is 0. The smallest absolute Gasteiger partial charge is 0.408 e. The number of aldehydes is 1. The van der Waals surface area contributed by atoms with Gasteiger partial charge >= 0.3 is 12.1 Å². The fourth-order valence-corrected chi connectivity index (χ4v) is 2.57. The minimum Gasteiger partial charge on any atom is -0.494 e. The molecular weight excluding hydrogens is 431 g/mol. The number of aliphatic carboxylic acids is 1. The van der Waals surface area contributed by atoms with Crippen LogP contribution in [0.15, 0.2) is 42.5 Å². The van der Waals surface area contributed by atoms with Crippen LogP contribution in [0.4, 0.5) is 14.9 Å². The second kappa shape index (κ2) is 12.4. The van der Waals surface area contributed by atoms with Crippen molar-refractivity contribution < 1.29 is 33.4 Å². The molecule has 0 spiro atoms. The lowest BCUT2D eigenvalue weighted by Gasteiger charge is -2.22. The Balaban J connectivity index is 0.000000412. The van der Waals surface area contributed by atoms with Crippen molar-refractivity contribution in [1.82, 2.24) is 5.32 Å². The van der Waals surface area contributed by atoms with Crippen molar-refractivity contribution in [2.24, 2.45) is 0 Å². The number of carboxylic acid groups (broad SMARTS) is 1. The first kappa shape index (κ1) is 27.4. The molecule has 0 aromatic heterocycles. The van der Waals surface area contributed by atoms with Crippen LogP contribution in [-0.4, -0.2) is 56.3 Å². The van der Waals surface area contributed by atoms with Crippen LogP contribution >= 0.6 is 0 Å². The van der Waals surface area contributed by atoms with Gasteiger partial charge in [-0.2, -0.15) is 0 Å². The highest BCUT2D eigenvalue weighted by molar-refractivity contribution is 5.80. The highest BCUT2D eigenvalue weighted by Gasteiger charge is 2.24. The van der Waals surface area contributed by atoms with E-state index in [1.54, 1.807) is 20.8 Å². The standard InChI is InChI=1S/C16H24N2O4.C8H7FO2/c1-16(2,3)22-15(21)17-13(14(19)20)10-11-6-8-12(9-7-11)18(4)5;1-11-8-3-2-6(5-10)4-7(8)9/h6-9,13H,10H2,1-5H3,(H,17,21)(H,19,20);2-5H,1H3/t13-;/m0./s1. The third-order valence-electron chi connectivity index (χ3n) is 4.19. The van der Waals surface area contributed by atoms with Crippen molar-refractivity contribution in [2.75, 3.05) is 26.1 Å². The molecule has 0 heterocycles. The van der Waals surface area contributed by atoms with E-state index in [0.29, 0.717) is 11.8 Å². The summed E-state index contributed by atoms with van der Waals surface area (Å²) in [4.78, 5) is 35.1. The van der Waals surface area contributed by atoms with Gasteiger partial charge in [0.25, 0.3) is 0 Å². The molecule has 0 bridgehead atoms. The first-order valence-corrected chi connectivity index (χ1v) is 10.1. The molecule has 2 N–H and O–H groups in total. The highest BCUT2D eigenvalue weighted by atomic mass is 19.1. The molecule has 33 heavy (non-hydrogen) atoms. The zero-order valence-corrected chi connectivity index (χ0v) is 19.7. The normalized spacial score (nSPS) is 11.4. The van der Waals surface area contributed by atoms with Crippen molar-refractivity contribution in [2.45, 2.75) is 38.8 Å².